The summed E-state index contributed by atoms with van der Waals surface area (Å²) in [5.74, 6) is -0.374. The molecule has 7 atom stereocenters. The Kier molecular flexibility index (Phi) is 15.1. The molecule has 0 bridgehead atoms. The summed E-state index contributed by atoms with van der Waals surface area (Å²) < 4.78 is 10.7. The fraction of sp³-hybridized carbons (Fsp3) is 0.708. The highest BCUT2D eigenvalue weighted by Crippen LogP contribution is 2.22. The Balaban J connectivity index is 2.48. The molecule has 1 rings (SSSR count). The van der Waals surface area contributed by atoms with Crippen molar-refractivity contribution in [3.05, 3.63) is 36.5 Å². The number of aliphatic hydroxyl groups excluding tert-OH is 5. The van der Waals surface area contributed by atoms with Crippen LogP contribution in [0.5, 0.6) is 0 Å². The Labute approximate surface area is 196 Å². The van der Waals surface area contributed by atoms with E-state index >= 15 is 0 Å². The van der Waals surface area contributed by atoms with Gasteiger partial charge in [-0.2, -0.15) is 0 Å². The smallest absolute Gasteiger partial charge is 0.217 e. The molecule has 1 aliphatic heterocycles. The van der Waals surface area contributed by atoms with Gasteiger partial charge >= 0.3 is 0 Å². The topological polar surface area (TPSA) is 149 Å². The molecule has 190 valence electrons. The van der Waals surface area contributed by atoms with E-state index in [4.69, 9.17) is 9.47 Å². The van der Waals surface area contributed by atoms with E-state index in [2.05, 4.69) is 36.5 Å². The molecule has 9 nitrogen and oxygen atoms in total. The lowest BCUT2D eigenvalue weighted by Crippen LogP contribution is -2.60. The van der Waals surface area contributed by atoms with Gasteiger partial charge in [-0.3, -0.25) is 4.79 Å². The fourth-order valence-electron chi connectivity index (χ4n) is 3.28. The van der Waals surface area contributed by atoms with E-state index in [1.807, 2.05) is 6.08 Å². The first kappa shape index (κ1) is 29.4. The number of unbranched alkanes of at least 4 members (excludes halogenated alkanes) is 3. The predicted molar refractivity (Wildman–Crippen MR) is 124 cm³/mol. The summed E-state index contributed by atoms with van der Waals surface area (Å²) in [6.45, 7) is 2.66. The lowest BCUT2D eigenvalue weighted by molar-refractivity contribution is -0.302. The molecule has 7 unspecified atom stereocenters. The monoisotopic (exact) mass is 471 g/mol. The van der Waals surface area contributed by atoms with Crippen LogP contribution in [0.4, 0.5) is 0 Å². The highest BCUT2D eigenvalue weighted by molar-refractivity contribution is 5.73. The normalized spacial score (nSPS) is 28.0. The van der Waals surface area contributed by atoms with Gasteiger partial charge in [-0.1, -0.05) is 49.8 Å². The summed E-state index contributed by atoms with van der Waals surface area (Å²) in [5, 5.41) is 52.0. The zero-order valence-corrected chi connectivity index (χ0v) is 19.6. The number of nitrogens with one attached hydrogen (secondary N) is 1. The summed E-state index contributed by atoms with van der Waals surface area (Å²) in [4.78, 5) is 11.5. The minimum atomic E-state index is -1.56. The van der Waals surface area contributed by atoms with E-state index in [1.54, 1.807) is 6.08 Å². The van der Waals surface area contributed by atoms with Gasteiger partial charge < -0.3 is 40.3 Å². The molecular weight excluding hydrogens is 430 g/mol. The van der Waals surface area contributed by atoms with E-state index in [0.29, 0.717) is 0 Å². The van der Waals surface area contributed by atoms with E-state index < -0.39 is 49.5 Å². The molecule has 33 heavy (non-hydrogen) atoms. The van der Waals surface area contributed by atoms with Gasteiger partial charge in [0.05, 0.1) is 25.4 Å². The van der Waals surface area contributed by atoms with Crippen molar-refractivity contribution in [2.24, 2.45) is 0 Å². The molecule has 0 aromatic heterocycles. The molecule has 9 heteroatoms. The predicted octanol–water partition coefficient (Wildman–Crippen LogP) is 0.698. The van der Waals surface area contributed by atoms with Crippen LogP contribution in [-0.2, 0) is 14.3 Å². The molecule has 1 fully saturated rings. The second-order valence-electron chi connectivity index (χ2n) is 8.14. The maximum Gasteiger partial charge on any atom is 0.217 e. The van der Waals surface area contributed by atoms with E-state index in [-0.39, 0.29) is 12.5 Å². The SMILES string of the molecule is CCC/C=C/CC/C=C/CC/C=C/C(O)C(COC1OC(CO)C(O)C(O)C1O)NC(C)=O. The zero-order chi connectivity index (χ0) is 24.6. The van der Waals surface area contributed by atoms with Crippen molar-refractivity contribution in [2.45, 2.75) is 95.2 Å². The molecule has 1 aliphatic rings. The van der Waals surface area contributed by atoms with Crippen molar-refractivity contribution in [3.8, 4) is 0 Å². The van der Waals surface area contributed by atoms with Gasteiger partial charge in [-0.05, 0) is 32.1 Å². The van der Waals surface area contributed by atoms with Crippen LogP contribution >= 0.6 is 0 Å². The van der Waals surface area contributed by atoms with E-state index in [9.17, 15) is 30.3 Å². The van der Waals surface area contributed by atoms with Crippen LogP contribution in [0.15, 0.2) is 36.5 Å². The zero-order valence-electron chi connectivity index (χ0n) is 19.6. The standard InChI is InChI=1S/C24H41NO8/c1-3-4-5-6-7-8-9-10-11-12-13-14-19(28)18(25-17(2)27)16-32-24-23(31)22(30)21(29)20(15-26)33-24/h5-6,9-10,13-14,18-24,26,28-31H,3-4,7-8,11-12,15-16H2,1-2H3,(H,25,27)/b6-5+,10-9+,14-13+. The fourth-order valence-corrected chi connectivity index (χ4v) is 3.28. The maximum atomic E-state index is 11.5. The first-order chi connectivity index (χ1) is 15.8. The first-order valence-corrected chi connectivity index (χ1v) is 11.7. The van der Waals surface area contributed by atoms with E-state index in [0.717, 1.165) is 38.5 Å². The number of carbonyl (C=O) groups is 1. The molecule has 0 aromatic carbocycles. The molecule has 6 N–H and O–H groups in total. The number of hydrogen-bond donors (Lipinski definition) is 6. The number of aliphatic hydroxyl groups is 5. The van der Waals surface area contributed by atoms with Crippen LogP contribution in [-0.4, -0.2) is 87.5 Å². The molecule has 0 radical (unpaired) electrons. The third-order valence-corrected chi connectivity index (χ3v) is 5.21. The Morgan fingerprint density at radius 3 is 2.09 bits per heavy atom. The van der Waals surface area contributed by atoms with Gasteiger partial charge in [0.1, 0.15) is 24.4 Å². The maximum absolute atomic E-state index is 11.5. The minimum absolute atomic E-state index is 0.223. The number of hydrogen-bond acceptors (Lipinski definition) is 8. The number of amides is 1. The van der Waals surface area contributed by atoms with Crippen LogP contribution in [0.3, 0.4) is 0 Å². The van der Waals surface area contributed by atoms with Crippen molar-refractivity contribution in [1.82, 2.24) is 5.32 Å². The summed E-state index contributed by atoms with van der Waals surface area (Å²) in [6, 6.07) is -0.823. The number of rotatable bonds is 15. The van der Waals surface area contributed by atoms with Crippen LogP contribution in [0.2, 0.25) is 0 Å². The molecule has 0 saturated carbocycles. The molecular formula is C24H41NO8. The quantitative estimate of drug-likeness (QED) is 0.151. The second kappa shape index (κ2) is 16.9. The van der Waals surface area contributed by atoms with Gasteiger partial charge in [0.2, 0.25) is 5.91 Å². The summed E-state index contributed by atoms with van der Waals surface area (Å²) in [5.41, 5.74) is 0. The van der Waals surface area contributed by atoms with Gasteiger partial charge in [0.15, 0.2) is 6.29 Å². The van der Waals surface area contributed by atoms with Gasteiger partial charge in [-0.25, -0.2) is 0 Å². The molecule has 0 aromatic rings. The van der Waals surface area contributed by atoms with Crippen molar-refractivity contribution in [1.29, 1.82) is 0 Å². The summed E-state index contributed by atoms with van der Waals surface area (Å²) in [6.07, 6.45) is 9.76. The lowest BCUT2D eigenvalue weighted by atomic mass is 9.99. The Hall–Kier alpha value is -1.59. The van der Waals surface area contributed by atoms with Gasteiger partial charge in [0, 0.05) is 6.92 Å². The van der Waals surface area contributed by atoms with Crippen LogP contribution in [0, 0.1) is 0 Å². The second-order valence-corrected chi connectivity index (χ2v) is 8.14. The lowest BCUT2D eigenvalue weighted by Gasteiger charge is -2.40. The molecule has 1 amide bonds. The third kappa shape index (κ3) is 11.4. The van der Waals surface area contributed by atoms with Crippen molar-refractivity contribution in [3.63, 3.8) is 0 Å². The van der Waals surface area contributed by atoms with E-state index in [1.165, 1.54) is 6.92 Å². The van der Waals surface area contributed by atoms with Crippen LogP contribution < -0.4 is 5.32 Å². The summed E-state index contributed by atoms with van der Waals surface area (Å²) in [7, 11) is 0. The highest BCUT2D eigenvalue weighted by atomic mass is 16.7. The average molecular weight is 472 g/mol. The highest BCUT2D eigenvalue weighted by Gasteiger charge is 2.44. The first-order valence-electron chi connectivity index (χ1n) is 11.7. The van der Waals surface area contributed by atoms with Crippen molar-refractivity contribution in [2.75, 3.05) is 13.2 Å². The minimum Gasteiger partial charge on any atom is -0.394 e. The molecule has 0 aliphatic carbocycles. The van der Waals surface area contributed by atoms with Crippen molar-refractivity contribution < 1.29 is 39.8 Å². The van der Waals surface area contributed by atoms with Crippen LogP contribution in [0.1, 0.15) is 52.4 Å². The van der Waals surface area contributed by atoms with Crippen molar-refractivity contribution >= 4 is 5.91 Å². The average Bonchev–Trinajstić information content (AvgIpc) is 2.79. The number of carbonyl (C=O) groups excluding carboxylic acids is 1. The van der Waals surface area contributed by atoms with Crippen LogP contribution in [0.25, 0.3) is 0 Å². The van der Waals surface area contributed by atoms with Gasteiger partial charge in [0.25, 0.3) is 0 Å². The number of allylic oxidation sites excluding steroid dienone is 5. The molecule has 1 heterocycles. The molecule has 1 saturated heterocycles. The Morgan fingerprint density at radius 2 is 1.55 bits per heavy atom. The van der Waals surface area contributed by atoms with Gasteiger partial charge in [-0.15, -0.1) is 0 Å². The Bertz CT molecular complexity index is 622. The molecule has 0 spiro atoms. The Morgan fingerprint density at radius 1 is 0.970 bits per heavy atom. The summed E-state index contributed by atoms with van der Waals surface area (Å²) >= 11 is 0. The largest absolute Gasteiger partial charge is 0.394 e. The number of ether oxygens (including phenoxy) is 2. The third-order valence-electron chi connectivity index (χ3n) is 5.21.